The van der Waals surface area contributed by atoms with Crippen LogP contribution in [-0.4, -0.2) is 10.8 Å². The molecule has 1 aliphatic carbocycles. The summed E-state index contributed by atoms with van der Waals surface area (Å²) in [6.07, 6.45) is 2.03. The number of halogens is 1. The Morgan fingerprint density at radius 3 is 2.44 bits per heavy atom. The molecule has 2 aromatic rings. The second-order valence-electron chi connectivity index (χ2n) is 6.56. The molecule has 130 valence electrons. The minimum absolute atomic E-state index is 0.0347. The number of nitro benzene ring substituents is 1. The molecule has 1 aliphatic rings. The molecule has 6 heteroatoms. The zero-order valence-corrected chi connectivity index (χ0v) is 14.1. The molecule has 0 heterocycles. The van der Waals surface area contributed by atoms with E-state index in [1.807, 2.05) is 31.2 Å². The number of rotatable bonds is 5. The Balaban J connectivity index is 1.87. The van der Waals surface area contributed by atoms with Crippen molar-refractivity contribution < 1.29 is 14.1 Å². The van der Waals surface area contributed by atoms with Crippen molar-refractivity contribution >= 4 is 11.6 Å². The number of hydrogen-bond acceptors (Lipinski definition) is 3. The number of benzene rings is 2. The molecule has 0 saturated heterocycles. The predicted molar refractivity (Wildman–Crippen MR) is 91.9 cm³/mol. The molecule has 3 rings (SSSR count). The van der Waals surface area contributed by atoms with Crippen molar-refractivity contribution in [2.24, 2.45) is 5.92 Å². The first-order chi connectivity index (χ1) is 11.9. The summed E-state index contributed by atoms with van der Waals surface area (Å²) in [7, 11) is 0. The first-order valence-corrected chi connectivity index (χ1v) is 8.19. The van der Waals surface area contributed by atoms with E-state index in [-0.39, 0.29) is 22.9 Å². The maximum absolute atomic E-state index is 14.0. The van der Waals surface area contributed by atoms with Crippen LogP contribution < -0.4 is 5.32 Å². The number of hydrogen-bond donors (Lipinski definition) is 1. The lowest BCUT2D eigenvalue weighted by molar-refractivity contribution is -0.385. The van der Waals surface area contributed by atoms with E-state index >= 15 is 0 Å². The minimum atomic E-state index is -0.752. The van der Waals surface area contributed by atoms with Crippen LogP contribution in [0.3, 0.4) is 0 Å². The van der Waals surface area contributed by atoms with E-state index in [1.165, 1.54) is 6.92 Å². The molecule has 1 fully saturated rings. The molecule has 0 radical (unpaired) electrons. The largest absolute Gasteiger partial charge is 0.345 e. The average Bonchev–Trinajstić information content (AvgIpc) is 3.40. The van der Waals surface area contributed by atoms with Gasteiger partial charge in [-0.25, -0.2) is 4.39 Å². The van der Waals surface area contributed by atoms with Crippen LogP contribution in [0.4, 0.5) is 10.1 Å². The second-order valence-corrected chi connectivity index (χ2v) is 6.56. The summed E-state index contributed by atoms with van der Waals surface area (Å²) in [5.41, 5.74) is 1.62. The normalized spacial score (nSPS) is 14.8. The Bertz CT molecular complexity index is 829. The van der Waals surface area contributed by atoms with E-state index in [2.05, 4.69) is 5.32 Å². The van der Waals surface area contributed by atoms with Crippen molar-refractivity contribution in [1.82, 2.24) is 5.32 Å². The molecule has 1 amide bonds. The Hall–Kier alpha value is -2.76. The lowest BCUT2D eigenvalue weighted by Crippen LogP contribution is -2.30. The van der Waals surface area contributed by atoms with Gasteiger partial charge in [-0.1, -0.05) is 29.8 Å². The molecule has 0 aromatic heterocycles. The van der Waals surface area contributed by atoms with Crippen molar-refractivity contribution in [1.29, 1.82) is 0 Å². The third-order valence-corrected chi connectivity index (χ3v) is 4.59. The van der Waals surface area contributed by atoms with E-state index in [0.29, 0.717) is 5.92 Å². The maximum Gasteiger partial charge on any atom is 0.276 e. The molecule has 1 N–H and O–H groups in total. The van der Waals surface area contributed by atoms with Gasteiger partial charge >= 0.3 is 0 Å². The topological polar surface area (TPSA) is 72.2 Å². The third kappa shape index (κ3) is 3.68. The van der Waals surface area contributed by atoms with Crippen LogP contribution in [-0.2, 0) is 0 Å². The average molecular weight is 342 g/mol. The summed E-state index contributed by atoms with van der Waals surface area (Å²) in [6.45, 7) is 3.32. The van der Waals surface area contributed by atoms with Gasteiger partial charge in [0.05, 0.1) is 16.5 Å². The molecule has 0 aliphatic heterocycles. The zero-order valence-electron chi connectivity index (χ0n) is 14.1. The van der Waals surface area contributed by atoms with Crippen molar-refractivity contribution in [3.05, 3.63) is 74.6 Å². The van der Waals surface area contributed by atoms with Gasteiger partial charge in [-0.15, -0.1) is 0 Å². The number of amides is 1. The maximum atomic E-state index is 14.0. The van der Waals surface area contributed by atoms with E-state index in [9.17, 15) is 19.3 Å². The molecule has 2 aromatic carbocycles. The number of carbonyl (C=O) groups excluding carboxylic acids is 1. The van der Waals surface area contributed by atoms with Crippen molar-refractivity contribution in [2.75, 3.05) is 0 Å². The fraction of sp³-hybridized carbons (Fsp3) is 0.316. The molecular weight excluding hydrogens is 323 g/mol. The first-order valence-electron chi connectivity index (χ1n) is 8.19. The van der Waals surface area contributed by atoms with Crippen LogP contribution >= 0.6 is 0 Å². The van der Waals surface area contributed by atoms with Gasteiger partial charge in [-0.2, -0.15) is 0 Å². The molecule has 5 nitrogen and oxygen atoms in total. The molecule has 1 atom stereocenters. The van der Waals surface area contributed by atoms with Gasteiger partial charge in [0, 0.05) is 11.6 Å². The highest BCUT2D eigenvalue weighted by Crippen LogP contribution is 2.41. The predicted octanol–water partition coefficient (Wildman–Crippen LogP) is 4.23. The van der Waals surface area contributed by atoms with Crippen LogP contribution in [0.15, 0.2) is 36.4 Å². The monoisotopic (exact) mass is 342 g/mol. The number of carbonyl (C=O) groups is 1. The number of nitro groups is 1. The quantitative estimate of drug-likeness (QED) is 0.653. The highest BCUT2D eigenvalue weighted by atomic mass is 19.1. The molecule has 0 spiro atoms. The highest BCUT2D eigenvalue weighted by Gasteiger charge is 2.34. The van der Waals surface area contributed by atoms with Crippen LogP contribution in [0.1, 0.15) is 45.9 Å². The van der Waals surface area contributed by atoms with Gasteiger partial charge in [0.1, 0.15) is 5.82 Å². The zero-order chi connectivity index (χ0) is 18.1. The lowest BCUT2D eigenvalue weighted by Gasteiger charge is -2.19. The fourth-order valence-electron chi connectivity index (χ4n) is 2.89. The standard InChI is InChI=1S/C19H19FN2O3/c1-11-3-5-13(6-4-11)18(14-7-8-14)21-19(23)15-9-16(20)12(2)17(10-15)22(24)25/h3-6,9-10,14,18H,7-8H2,1-2H3,(H,21,23). The van der Waals surface area contributed by atoms with Crippen molar-refractivity contribution in [2.45, 2.75) is 32.7 Å². The Kier molecular flexibility index (Phi) is 4.53. The summed E-state index contributed by atoms with van der Waals surface area (Å²) in [4.78, 5) is 22.9. The van der Waals surface area contributed by atoms with E-state index < -0.39 is 16.6 Å². The molecule has 1 unspecified atom stereocenters. The smallest absolute Gasteiger partial charge is 0.276 e. The number of aryl methyl sites for hydroxylation is 1. The lowest BCUT2D eigenvalue weighted by atomic mass is 10.00. The Morgan fingerprint density at radius 1 is 1.24 bits per heavy atom. The van der Waals surface area contributed by atoms with E-state index in [4.69, 9.17) is 0 Å². The van der Waals surface area contributed by atoms with Crippen LogP contribution in [0.5, 0.6) is 0 Å². The van der Waals surface area contributed by atoms with Gasteiger partial charge in [0.2, 0.25) is 0 Å². The number of nitrogens with one attached hydrogen (secondary N) is 1. The minimum Gasteiger partial charge on any atom is -0.345 e. The van der Waals surface area contributed by atoms with Crippen molar-refractivity contribution in [3.63, 3.8) is 0 Å². The Morgan fingerprint density at radius 2 is 1.88 bits per heavy atom. The summed E-state index contributed by atoms with van der Waals surface area (Å²) >= 11 is 0. The van der Waals surface area contributed by atoms with Crippen LogP contribution in [0.2, 0.25) is 0 Å². The molecular formula is C19H19FN2O3. The third-order valence-electron chi connectivity index (χ3n) is 4.59. The van der Waals surface area contributed by atoms with Gasteiger partial charge in [0.25, 0.3) is 11.6 Å². The van der Waals surface area contributed by atoms with Crippen LogP contribution in [0.25, 0.3) is 0 Å². The summed E-state index contributed by atoms with van der Waals surface area (Å²) in [5, 5.41) is 14.0. The summed E-state index contributed by atoms with van der Waals surface area (Å²) < 4.78 is 14.0. The van der Waals surface area contributed by atoms with Gasteiger partial charge in [-0.3, -0.25) is 14.9 Å². The van der Waals surface area contributed by atoms with E-state index in [1.54, 1.807) is 0 Å². The fourth-order valence-corrected chi connectivity index (χ4v) is 2.89. The second kappa shape index (κ2) is 6.63. The summed E-state index contributed by atoms with van der Waals surface area (Å²) in [6, 6.07) is 9.91. The molecule has 0 bridgehead atoms. The molecule has 25 heavy (non-hydrogen) atoms. The Labute approximate surface area is 145 Å². The van der Waals surface area contributed by atoms with E-state index in [0.717, 1.165) is 36.1 Å². The summed E-state index contributed by atoms with van der Waals surface area (Å²) in [5.74, 6) is -0.908. The number of nitrogens with zero attached hydrogens (tertiary/aromatic N) is 1. The van der Waals surface area contributed by atoms with Crippen LogP contribution in [0, 0.1) is 35.7 Å². The molecule has 1 saturated carbocycles. The van der Waals surface area contributed by atoms with Gasteiger partial charge in [-0.05, 0) is 44.2 Å². The first kappa shape index (κ1) is 17.1. The van der Waals surface area contributed by atoms with Gasteiger partial charge in [0.15, 0.2) is 0 Å². The SMILES string of the molecule is Cc1ccc(C(NC(=O)c2cc(F)c(C)c([N+](=O)[O-])c2)C2CC2)cc1. The van der Waals surface area contributed by atoms with Crippen molar-refractivity contribution in [3.8, 4) is 0 Å². The highest BCUT2D eigenvalue weighted by molar-refractivity contribution is 5.95. The van der Waals surface area contributed by atoms with Gasteiger partial charge < -0.3 is 5.32 Å².